The minimum atomic E-state index is -3.68. The van der Waals surface area contributed by atoms with Crippen LogP contribution < -0.4 is 39.5 Å². The monoisotopic (exact) mass is 365 g/mol. The standard InChI is InChI=1S/C18H18NO2PS.Na/c20-22(21,23-14-15-7-2-1-3-8-15)19-13-17-11-6-10-16-9-4-5-12-18(16)17;/h1-12H,13-14H2,(H2,19,20,21);/q;+1/p-1. The molecule has 3 nitrogen and oxygen atoms in total. The Bertz CT molecular complexity index is 839. The van der Waals surface area contributed by atoms with E-state index in [1.807, 2.05) is 72.8 Å². The molecule has 3 aromatic carbocycles. The third kappa shape index (κ3) is 5.47. The first-order chi connectivity index (χ1) is 11.1. The van der Waals surface area contributed by atoms with Gasteiger partial charge < -0.3 is 9.46 Å². The van der Waals surface area contributed by atoms with Crippen LogP contribution in [-0.4, -0.2) is 0 Å². The molecule has 6 heteroatoms. The molecule has 118 valence electrons. The number of nitrogens with one attached hydrogen (secondary N) is 1. The molecule has 0 bridgehead atoms. The summed E-state index contributed by atoms with van der Waals surface area (Å²) in [6.45, 7) is -3.38. The third-order valence-electron chi connectivity index (χ3n) is 3.59. The second kappa shape index (κ2) is 9.21. The molecule has 0 heterocycles. The SMILES string of the molecule is O=P([O-])(NCc1cccc2ccccc12)SCc1ccccc1.[Na+]. The molecule has 1 unspecified atom stereocenters. The largest absolute Gasteiger partial charge is 1.00 e. The first-order valence-corrected chi connectivity index (χ1v) is 10.6. The summed E-state index contributed by atoms with van der Waals surface area (Å²) in [6, 6.07) is 23.5. The van der Waals surface area contributed by atoms with E-state index in [-0.39, 0.29) is 29.6 Å². The van der Waals surface area contributed by atoms with Crippen molar-refractivity contribution < 1.29 is 39.0 Å². The number of hydrogen-bond donors (Lipinski definition) is 1. The first kappa shape index (κ1) is 19.7. The van der Waals surface area contributed by atoms with E-state index < -0.39 is 6.72 Å². The van der Waals surface area contributed by atoms with Crippen LogP contribution in [0.25, 0.3) is 10.8 Å². The summed E-state index contributed by atoms with van der Waals surface area (Å²) in [5, 5.41) is 4.90. The van der Waals surface area contributed by atoms with Crippen LogP contribution in [-0.2, 0) is 16.9 Å². The third-order valence-corrected chi connectivity index (χ3v) is 6.73. The van der Waals surface area contributed by atoms with Gasteiger partial charge >= 0.3 is 29.6 Å². The molecule has 0 aliphatic rings. The van der Waals surface area contributed by atoms with E-state index in [0.717, 1.165) is 33.3 Å². The Balaban J connectivity index is 0.00000208. The normalized spacial score (nSPS) is 13.2. The summed E-state index contributed by atoms with van der Waals surface area (Å²) in [5.41, 5.74) is 1.99. The predicted octanol–water partition coefficient (Wildman–Crippen LogP) is 1.34. The van der Waals surface area contributed by atoms with Gasteiger partial charge in [-0.3, -0.25) is 5.09 Å². The molecule has 0 aliphatic carbocycles. The van der Waals surface area contributed by atoms with E-state index in [1.54, 1.807) is 0 Å². The number of rotatable bonds is 6. The molecule has 0 amide bonds. The summed E-state index contributed by atoms with van der Waals surface area (Å²) in [6.07, 6.45) is 0. The zero-order chi connectivity index (χ0) is 16.1. The molecular weight excluding hydrogens is 348 g/mol. The Kier molecular flexibility index (Phi) is 7.58. The van der Waals surface area contributed by atoms with Crippen LogP contribution in [0.1, 0.15) is 11.1 Å². The van der Waals surface area contributed by atoms with E-state index in [4.69, 9.17) is 0 Å². The zero-order valence-electron chi connectivity index (χ0n) is 13.5. The maximum atomic E-state index is 12.2. The average Bonchev–Trinajstić information content (AvgIpc) is 2.59. The van der Waals surface area contributed by atoms with Crippen LogP contribution in [0.15, 0.2) is 72.8 Å². The van der Waals surface area contributed by atoms with Crippen molar-refractivity contribution in [3.05, 3.63) is 83.9 Å². The van der Waals surface area contributed by atoms with Gasteiger partial charge in [-0.2, -0.15) is 0 Å². The number of hydrogen-bond acceptors (Lipinski definition) is 3. The van der Waals surface area contributed by atoms with Gasteiger partial charge in [-0.05, 0) is 21.9 Å². The summed E-state index contributed by atoms with van der Waals surface area (Å²) in [5.74, 6) is 0.449. The Hall–Kier alpha value is -0.580. The van der Waals surface area contributed by atoms with Crippen molar-refractivity contribution in [3.8, 4) is 0 Å². The van der Waals surface area contributed by atoms with Crippen molar-refractivity contribution in [3.63, 3.8) is 0 Å². The van der Waals surface area contributed by atoms with Gasteiger partial charge in [0, 0.05) is 12.3 Å². The van der Waals surface area contributed by atoms with Gasteiger partial charge in [0.15, 0.2) is 0 Å². The minimum Gasteiger partial charge on any atom is -0.780 e. The molecule has 3 aromatic rings. The summed E-state index contributed by atoms with van der Waals surface area (Å²) < 4.78 is 12.2. The van der Waals surface area contributed by atoms with E-state index in [9.17, 15) is 9.46 Å². The second-order valence-electron chi connectivity index (χ2n) is 5.23. The molecule has 1 N–H and O–H groups in total. The van der Waals surface area contributed by atoms with Gasteiger partial charge in [0.2, 0.25) is 0 Å². The molecule has 0 aromatic heterocycles. The van der Waals surface area contributed by atoms with E-state index in [1.165, 1.54) is 0 Å². The first-order valence-electron chi connectivity index (χ1n) is 7.35. The van der Waals surface area contributed by atoms with E-state index in [2.05, 4.69) is 5.09 Å². The average molecular weight is 365 g/mol. The molecule has 24 heavy (non-hydrogen) atoms. The van der Waals surface area contributed by atoms with Crippen LogP contribution in [0.2, 0.25) is 0 Å². The van der Waals surface area contributed by atoms with Gasteiger partial charge in [0.25, 0.3) is 0 Å². The van der Waals surface area contributed by atoms with Crippen LogP contribution in [0, 0.1) is 0 Å². The van der Waals surface area contributed by atoms with E-state index in [0.29, 0.717) is 12.3 Å². The van der Waals surface area contributed by atoms with Gasteiger partial charge in [-0.15, -0.1) is 0 Å². The molecule has 0 fully saturated rings. The summed E-state index contributed by atoms with van der Waals surface area (Å²) in [4.78, 5) is 12.2. The molecule has 0 aliphatic heterocycles. The maximum absolute atomic E-state index is 12.2. The fourth-order valence-electron chi connectivity index (χ4n) is 2.41. The number of benzene rings is 3. The fourth-order valence-corrected chi connectivity index (χ4v) is 4.80. The van der Waals surface area contributed by atoms with Gasteiger partial charge in [0.1, 0.15) is 6.72 Å². The topological polar surface area (TPSA) is 52.2 Å². The Morgan fingerprint density at radius 2 is 1.58 bits per heavy atom. The van der Waals surface area contributed by atoms with Crippen molar-refractivity contribution >= 4 is 28.9 Å². The molecule has 3 rings (SSSR count). The van der Waals surface area contributed by atoms with Crippen molar-refractivity contribution in [2.75, 3.05) is 0 Å². The van der Waals surface area contributed by atoms with Gasteiger partial charge in [-0.25, -0.2) is 0 Å². The molecule has 0 spiro atoms. The van der Waals surface area contributed by atoms with Crippen LogP contribution in [0.4, 0.5) is 0 Å². The predicted molar refractivity (Wildman–Crippen MR) is 96.1 cm³/mol. The van der Waals surface area contributed by atoms with Crippen LogP contribution >= 0.6 is 18.1 Å². The van der Waals surface area contributed by atoms with Crippen molar-refractivity contribution in [1.29, 1.82) is 0 Å². The second-order valence-corrected chi connectivity index (χ2v) is 9.30. The van der Waals surface area contributed by atoms with Crippen molar-refractivity contribution in [1.82, 2.24) is 5.09 Å². The zero-order valence-corrected chi connectivity index (χ0v) is 17.2. The summed E-state index contributed by atoms with van der Waals surface area (Å²) in [7, 11) is 0. The molecular formula is C18H17NNaO2PS. The number of fused-ring (bicyclic) bond motifs is 1. The molecule has 1 atom stereocenters. The van der Waals surface area contributed by atoms with Crippen LogP contribution in [0.5, 0.6) is 0 Å². The quantitative estimate of drug-likeness (QED) is 0.529. The van der Waals surface area contributed by atoms with Crippen molar-refractivity contribution in [2.24, 2.45) is 0 Å². The maximum Gasteiger partial charge on any atom is 1.00 e. The molecule has 0 saturated carbocycles. The smallest absolute Gasteiger partial charge is 0.780 e. The van der Waals surface area contributed by atoms with Gasteiger partial charge in [-0.1, -0.05) is 84.2 Å². The van der Waals surface area contributed by atoms with Crippen LogP contribution in [0.3, 0.4) is 0 Å². The Morgan fingerprint density at radius 3 is 2.38 bits per heavy atom. The van der Waals surface area contributed by atoms with Gasteiger partial charge in [0.05, 0.1) is 0 Å². The Labute approximate surface area is 168 Å². The molecule has 0 saturated heterocycles. The summed E-state index contributed by atoms with van der Waals surface area (Å²) >= 11 is 0.945. The Morgan fingerprint density at radius 1 is 0.917 bits per heavy atom. The molecule has 0 radical (unpaired) electrons. The van der Waals surface area contributed by atoms with E-state index >= 15 is 0 Å². The minimum absolute atomic E-state index is 0. The van der Waals surface area contributed by atoms with Crippen molar-refractivity contribution in [2.45, 2.75) is 12.3 Å². The fraction of sp³-hybridized carbons (Fsp3) is 0.111.